The molecule has 2 aliphatic rings. The quantitative estimate of drug-likeness (QED) is 0.507. The van der Waals surface area contributed by atoms with Gasteiger partial charge in [-0.05, 0) is 51.3 Å². The van der Waals surface area contributed by atoms with E-state index in [2.05, 4.69) is 15.2 Å². The number of hydrogen-bond acceptors (Lipinski definition) is 5. The number of methoxy groups -OCH3 is 1. The number of benzene rings is 1. The maximum atomic E-state index is 13.5. The molecule has 0 radical (unpaired) electrons. The van der Waals surface area contributed by atoms with E-state index < -0.39 is 11.8 Å². The molecule has 1 amide bonds. The Kier molecular flexibility index (Phi) is 7.14. The molecule has 1 saturated heterocycles. The number of alkyl halides is 2. The molecular weight excluding hydrogens is 440 g/mol. The number of nitrogens with one attached hydrogen (secondary N) is 1. The van der Waals surface area contributed by atoms with Gasteiger partial charge in [-0.15, -0.1) is 0 Å². The van der Waals surface area contributed by atoms with E-state index in [1.807, 2.05) is 31.2 Å². The molecule has 2 aromatic rings. The Balaban J connectivity index is 1.57. The number of aromatic nitrogens is 1. The zero-order valence-corrected chi connectivity index (χ0v) is 20.0. The van der Waals surface area contributed by atoms with Gasteiger partial charge in [0, 0.05) is 50.5 Å². The van der Waals surface area contributed by atoms with Crippen LogP contribution in [0.15, 0.2) is 29.3 Å². The van der Waals surface area contributed by atoms with Crippen molar-refractivity contribution in [3.8, 4) is 0 Å². The third kappa shape index (κ3) is 5.52. The average Bonchev–Trinajstić information content (AvgIpc) is 2.79. The minimum Gasteiger partial charge on any atom is -0.387 e. The van der Waals surface area contributed by atoms with Crippen molar-refractivity contribution in [3.05, 3.63) is 35.4 Å². The van der Waals surface area contributed by atoms with Crippen molar-refractivity contribution < 1.29 is 18.3 Å². The maximum absolute atomic E-state index is 13.5. The number of ether oxygens (including phenoxy) is 1. The van der Waals surface area contributed by atoms with Crippen LogP contribution in [0.1, 0.15) is 54.9 Å². The number of hydrogen-bond donors (Lipinski definition) is 2. The third-order valence-corrected chi connectivity index (χ3v) is 6.79. The molecule has 1 aromatic carbocycles. The molecule has 0 bridgehead atoms. The summed E-state index contributed by atoms with van der Waals surface area (Å²) in [6.07, 6.45) is 1.35. The van der Waals surface area contributed by atoms with Crippen LogP contribution in [0.2, 0.25) is 0 Å². The Labute approximate surface area is 198 Å². The molecule has 2 heterocycles. The highest BCUT2D eigenvalue weighted by atomic mass is 19.3. The molecule has 9 heteroatoms. The predicted octanol–water partition coefficient (Wildman–Crippen LogP) is 3.82. The van der Waals surface area contributed by atoms with E-state index in [0.717, 1.165) is 22.9 Å². The predicted molar refractivity (Wildman–Crippen MR) is 130 cm³/mol. The Hall–Kier alpha value is -2.65. The molecule has 2 fully saturated rings. The van der Waals surface area contributed by atoms with Gasteiger partial charge < -0.3 is 20.7 Å². The summed E-state index contributed by atoms with van der Waals surface area (Å²) in [5, 5.41) is 4.42. The number of halogens is 2. The highest BCUT2D eigenvalue weighted by Crippen LogP contribution is 2.34. The summed E-state index contributed by atoms with van der Waals surface area (Å²) >= 11 is 0. The number of pyridine rings is 1. The molecule has 1 aliphatic carbocycles. The first kappa shape index (κ1) is 24.5. The number of amidine groups is 1. The van der Waals surface area contributed by atoms with Crippen LogP contribution in [0, 0.1) is 6.92 Å². The first-order valence-electron chi connectivity index (χ1n) is 11.8. The number of nitrogens with two attached hydrogens (primary N) is 1. The van der Waals surface area contributed by atoms with Gasteiger partial charge in [-0.3, -0.25) is 4.79 Å². The zero-order valence-electron chi connectivity index (χ0n) is 20.0. The van der Waals surface area contributed by atoms with Crippen LogP contribution < -0.4 is 16.0 Å². The lowest BCUT2D eigenvalue weighted by atomic mass is 9.90. The van der Waals surface area contributed by atoms with Gasteiger partial charge in [-0.2, -0.15) is 4.99 Å². The van der Waals surface area contributed by atoms with E-state index >= 15 is 0 Å². The van der Waals surface area contributed by atoms with E-state index in [0.29, 0.717) is 37.3 Å². The summed E-state index contributed by atoms with van der Waals surface area (Å²) in [5.41, 5.74) is 7.95. The molecule has 4 rings (SSSR count). The minimum absolute atomic E-state index is 0.0459. The molecular formula is C25H33F2N5O2. The topological polar surface area (TPSA) is 92.8 Å². The van der Waals surface area contributed by atoms with Crippen molar-refractivity contribution in [1.29, 1.82) is 0 Å². The Morgan fingerprint density at radius 3 is 2.68 bits per heavy atom. The largest absolute Gasteiger partial charge is 0.387 e. The van der Waals surface area contributed by atoms with Crippen LogP contribution in [-0.4, -0.2) is 61.0 Å². The highest BCUT2D eigenvalue weighted by molar-refractivity contribution is 6.07. The monoisotopic (exact) mass is 473 g/mol. The van der Waals surface area contributed by atoms with E-state index in [1.54, 1.807) is 14.0 Å². The molecule has 1 aromatic heterocycles. The van der Waals surface area contributed by atoms with Crippen molar-refractivity contribution in [2.75, 3.05) is 25.1 Å². The molecule has 34 heavy (non-hydrogen) atoms. The number of aryl methyl sites for hydroxylation is 1. The smallest absolute Gasteiger partial charge is 0.282 e. The lowest BCUT2D eigenvalue weighted by Gasteiger charge is -2.41. The van der Waals surface area contributed by atoms with Crippen LogP contribution in [0.5, 0.6) is 0 Å². The SMILES string of the molecule is COC1CN(c2nc3ccc(C)cc3cc2C(=O)N=C(C)N)CCC1NC1CCC(F)(F)CC1. The van der Waals surface area contributed by atoms with Crippen LogP contribution in [0.25, 0.3) is 10.9 Å². The number of rotatable bonds is 5. The fourth-order valence-electron chi connectivity index (χ4n) is 4.95. The molecule has 2 unspecified atom stereocenters. The summed E-state index contributed by atoms with van der Waals surface area (Å²) in [7, 11) is 1.66. The van der Waals surface area contributed by atoms with E-state index in [-0.39, 0.29) is 36.9 Å². The number of nitrogens with zero attached hydrogens (tertiary/aromatic N) is 3. The Bertz CT molecular complexity index is 1080. The lowest BCUT2D eigenvalue weighted by molar-refractivity contribution is -0.0438. The van der Waals surface area contributed by atoms with Gasteiger partial charge in [0.05, 0.1) is 17.2 Å². The number of piperidine rings is 1. The standard InChI is InChI=1S/C25H33F2N5O2/c1-15-4-5-20-17(12-15)13-19(24(33)29-16(2)28)23(31-20)32-11-8-21(22(14-32)34-3)30-18-6-9-25(26,27)10-7-18/h4-5,12-13,18,21-22,30H,6-11,14H2,1-3H3,(H2,28,29,33). The van der Waals surface area contributed by atoms with Crippen LogP contribution >= 0.6 is 0 Å². The van der Waals surface area contributed by atoms with Crippen molar-refractivity contribution in [2.24, 2.45) is 10.7 Å². The van der Waals surface area contributed by atoms with Crippen molar-refractivity contribution in [3.63, 3.8) is 0 Å². The minimum atomic E-state index is -2.55. The molecule has 2 atom stereocenters. The molecule has 0 spiro atoms. The second-order valence-corrected chi connectivity index (χ2v) is 9.53. The number of aliphatic imine (C=N–C) groups is 1. The van der Waals surface area contributed by atoms with Crippen molar-refractivity contribution in [1.82, 2.24) is 10.3 Å². The number of amides is 1. The first-order valence-corrected chi connectivity index (χ1v) is 11.8. The zero-order chi connectivity index (χ0) is 24.5. The first-order chi connectivity index (χ1) is 16.1. The van der Waals surface area contributed by atoms with Gasteiger partial charge in [-0.25, -0.2) is 13.8 Å². The average molecular weight is 474 g/mol. The fourth-order valence-corrected chi connectivity index (χ4v) is 4.95. The Morgan fingerprint density at radius 2 is 2.00 bits per heavy atom. The molecule has 3 N–H and O–H groups in total. The Morgan fingerprint density at radius 1 is 1.26 bits per heavy atom. The van der Waals surface area contributed by atoms with Crippen LogP contribution in [0.3, 0.4) is 0 Å². The fraction of sp³-hybridized carbons (Fsp3) is 0.560. The highest BCUT2D eigenvalue weighted by Gasteiger charge is 2.38. The van der Waals surface area contributed by atoms with Gasteiger partial charge in [0.25, 0.3) is 5.91 Å². The van der Waals surface area contributed by atoms with Gasteiger partial charge in [0.2, 0.25) is 5.92 Å². The summed E-state index contributed by atoms with van der Waals surface area (Å²) < 4.78 is 32.9. The number of fused-ring (bicyclic) bond motifs is 1. The second-order valence-electron chi connectivity index (χ2n) is 9.53. The number of carbonyl (C=O) groups is 1. The van der Waals surface area contributed by atoms with E-state index in [1.165, 1.54) is 0 Å². The van der Waals surface area contributed by atoms with E-state index in [4.69, 9.17) is 15.5 Å². The molecule has 1 aliphatic heterocycles. The summed E-state index contributed by atoms with van der Waals surface area (Å²) in [5.74, 6) is -2.22. The number of anilines is 1. The molecule has 7 nitrogen and oxygen atoms in total. The summed E-state index contributed by atoms with van der Waals surface area (Å²) in [6, 6.07) is 7.86. The van der Waals surface area contributed by atoms with Crippen molar-refractivity contribution >= 4 is 28.5 Å². The van der Waals surface area contributed by atoms with Crippen LogP contribution in [-0.2, 0) is 4.74 Å². The third-order valence-electron chi connectivity index (χ3n) is 6.79. The number of carbonyl (C=O) groups excluding carboxylic acids is 1. The van der Waals surface area contributed by atoms with Gasteiger partial charge >= 0.3 is 0 Å². The normalized spacial score (nSPS) is 23.9. The van der Waals surface area contributed by atoms with Gasteiger partial charge in [0.1, 0.15) is 11.7 Å². The molecule has 184 valence electrons. The van der Waals surface area contributed by atoms with Crippen LogP contribution in [0.4, 0.5) is 14.6 Å². The maximum Gasteiger partial charge on any atom is 0.282 e. The summed E-state index contributed by atoms with van der Waals surface area (Å²) in [4.78, 5) is 23.8. The lowest BCUT2D eigenvalue weighted by Crippen LogP contribution is -2.56. The second kappa shape index (κ2) is 9.92. The molecule has 1 saturated carbocycles. The van der Waals surface area contributed by atoms with E-state index in [9.17, 15) is 13.6 Å². The van der Waals surface area contributed by atoms with Gasteiger partial charge in [0.15, 0.2) is 0 Å². The summed E-state index contributed by atoms with van der Waals surface area (Å²) in [6.45, 7) is 4.74. The van der Waals surface area contributed by atoms with Gasteiger partial charge in [-0.1, -0.05) is 11.6 Å². The van der Waals surface area contributed by atoms with Crippen molar-refractivity contribution in [2.45, 2.75) is 70.1 Å².